The summed E-state index contributed by atoms with van der Waals surface area (Å²) in [5, 5.41) is 3.31. The molecule has 1 rings (SSSR count). The molecule has 0 aliphatic heterocycles. The number of nitrogens with zero attached hydrogens (tertiary/aromatic N) is 1. The number of halogens is 2. The maximum atomic E-state index is 12.4. The number of hydrogen-bond acceptors (Lipinski definition) is 3. The average molecular weight is 272 g/mol. The smallest absolute Gasteiger partial charge is 0.251 e. The van der Waals surface area contributed by atoms with E-state index in [1.165, 1.54) is 0 Å². The van der Waals surface area contributed by atoms with E-state index in [2.05, 4.69) is 5.32 Å². The molecule has 0 saturated heterocycles. The maximum absolute atomic E-state index is 12.4. The molecule has 0 fully saturated rings. The van der Waals surface area contributed by atoms with Crippen LogP contribution in [0.4, 0.5) is 8.78 Å². The van der Waals surface area contributed by atoms with Crippen molar-refractivity contribution in [2.75, 3.05) is 33.8 Å². The molecule has 0 aromatic heterocycles. The third-order valence-electron chi connectivity index (χ3n) is 2.91. The van der Waals surface area contributed by atoms with E-state index in [9.17, 15) is 8.78 Å². The van der Waals surface area contributed by atoms with Crippen molar-refractivity contribution < 1.29 is 13.5 Å². The third-order valence-corrected chi connectivity index (χ3v) is 2.91. The van der Waals surface area contributed by atoms with Crippen LogP contribution in [0.2, 0.25) is 0 Å². The summed E-state index contributed by atoms with van der Waals surface area (Å²) in [5.74, 6) is 0.777. The number of para-hydroxylation sites is 1. The molecule has 0 saturated carbocycles. The number of ether oxygens (including phenoxy) is 1. The van der Waals surface area contributed by atoms with E-state index in [-0.39, 0.29) is 12.6 Å². The van der Waals surface area contributed by atoms with Crippen LogP contribution in [0, 0.1) is 0 Å². The number of rotatable bonds is 8. The van der Waals surface area contributed by atoms with Crippen LogP contribution in [0.5, 0.6) is 5.75 Å². The van der Waals surface area contributed by atoms with Crippen molar-refractivity contribution in [3.8, 4) is 5.75 Å². The van der Waals surface area contributed by atoms with E-state index in [1.807, 2.05) is 31.2 Å². The summed E-state index contributed by atoms with van der Waals surface area (Å²) < 4.78 is 30.1. The number of alkyl halides is 2. The first kappa shape index (κ1) is 15.9. The van der Waals surface area contributed by atoms with Gasteiger partial charge in [-0.3, -0.25) is 4.90 Å². The van der Waals surface area contributed by atoms with Crippen molar-refractivity contribution in [2.45, 2.75) is 19.4 Å². The fraction of sp³-hybridized carbons (Fsp3) is 0.571. The van der Waals surface area contributed by atoms with Gasteiger partial charge in [0.15, 0.2) is 0 Å². The molecule has 0 aliphatic rings. The Kier molecular flexibility index (Phi) is 6.73. The zero-order valence-electron chi connectivity index (χ0n) is 11.7. The molecule has 19 heavy (non-hydrogen) atoms. The van der Waals surface area contributed by atoms with Crippen molar-refractivity contribution in [1.82, 2.24) is 10.2 Å². The van der Waals surface area contributed by atoms with Gasteiger partial charge in [0.25, 0.3) is 6.43 Å². The number of methoxy groups -OCH3 is 1. The monoisotopic (exact) mass is 272 g/mol. The van der Waals surface area contributed by atoms with Gasteiger partial charge in [-0.15, -0.1) is 0 Å². The Bertz CT molecular complexity index is 374. The summed E-state index contributed by atoms with van der Waals surface area (Å²) in [7, 11) is 3.32. The first-order valence-corrected chi connectivity index (χ1v) is 6.41. The molecule has 1 atom stereocenters. The van der Waals surface area contributed by atoms with E-state index in [1.54, 1.807) is 19.1 Å². The fourth-order valence-corrected chi connectivity index (χ4v) is 2.10. The first-order chi connectivity index (χ1) is 9.08. The van der Waals surface area contributed by atoms with Crippen LogP contribution >= 0.6 is 0 Å². The number of likely N-dealkylation sites (N-methyl/N-ethyl adjacent to an activating group) is 2. The predicted octanol–water partition coefficient (Wildman–Crippen LogP) is 2.54. The molecule has 1 N–H and O–H groups in total. The Morgan fingerprint density at radius 3 is 2.53 bits per heavy atom. The van der Waals surface area contributed by atoms with E-state index in [0.717, 1.165) is 17.9 Å². The largest absolute Gasteiger partial charge is 0.496 e. The van der Waals surface area contributed by atoms with Crippen molar-refractivity contribution in [2.24, 2.45) is 0 Å². The van der Waals surface area contributed by atoms with Crippen LogP contribution < -0.4 is 10.1 Å². The molecule has 0 aliphatic carbocycles. The van der Waals surface area contributed by atoms with Crippen LogP contribution in [0.1, 0.15) is 18.5 Å². The summed E-state index contributed by atoms with van der Waals surface area (Å²) in [6.45, 7) is 3.05. The van der Waals surface area contributed by atoms with Gasteiger partial charge in [-0.2, -0.15) is 0 Å². The zero-order valence-corrected chi connectivity index (χ0v) is 11.7. The molecular weight excluding hydrogens is 250 g/mol. The van der Waals surface area contributed by atoms with Crippen LogP contribution in [0.25, 0.3) is 0 Å². The zero-order chi connectivity index (χ0) is 14.3. The molecule has 1 aromatic carbocycles. The first-order valence-electron chi connectivity index (χ1n) is 6.41. The van der Waals surface area contributed by atoms with Crippen molar-refractivity contribution in [1.29, 1.82) is 0 Å². The minimum absolute atomic E-state index is 0.0232. The lowest BCUT2D eigenvalue weighted by molar-refractivity contribution is 0.0958. The Labute approximate surface area is 113 Å². The Hall–Kier alpha value is -1.20. The molecule has 0 radical (unpaired) electrons. The highest BCUT2D eigenvalue weighted by Gasteiger charge is 2.18. The second-order valence-corrected chi connectivity index (χ2v) is 4.46. The van der Waals surface area contributed by atoms with Gasteiger partial charge in [0.1, 0.15) is 5.75 Å². The summed E-state index contributed by atoms with van der Waals surface area (Å²) in [6.07, 6.45) is -2.31. The van der Waals surface area contributed by atoms with E-state index >= 15 is 0 Å². The van der Waals surface area contributed by atoms with Crippen LogP contribution in [0.15, 0.2) is 24.3 Å². The van der Waals surface area contributed by atoms with Gasteiger partial charge in [-0.1, -0.05) is 25.1 Å². The van der Waals surface area contributed by atoms with Crippen molar-refractivity contribution in [3.63, 3.8) is 0 Å². The Morgan fingerprint density at radius 1 is 1.26 bits per heavy atom. The molecule has 3 nitrogen and oxygen atoms in total. The van der Waals surface area contributed by atoms with Gasteiger partial charge in [-0.25, -0.2) is 8.78 Å². The number of benzene rings is 1. The average Bonchev–Trinajstić information content (AvgIpc) is 2.37. The summed E-state index contributed by atoms with van der Waals surface area (Å²) in [4.78, 5) is 1.63. The molecule has 1 aromatic rings. The van der Waals surface area contributed by atoms with Gasteiger partial charge in [0, 0.05) is 18.2 Å². The molecule has 5 heteroatoms. The summed E-state index contributed by atoms with van der Waals surface area (Å²) in [6, 6.07) is 7.64. The van der Waals surface area contributed by atoms with E-state index < -0.39 is 6.43 Å². The summed E-state index contributed by atoms with van der Waals surface area (Å²) >= 11 is 0. The number of hydrogen-bond donors (Lipinski definition) is 1. The normalized spacial score (nSPS) is 13.0. The SMILES string of the molecule is CCNC(CN(C)CC(F)F)c1ccccc1OC. The van der Waals surface area contributed by atoms with Crippen LogP contribution in [0.3, 0.4) is 0 Å². The Balaban J connectivity index is 2.81. The molecule has 1 unspecified atom stereocenters. The molecular formula is C14H22F2N2O. The lowest BCUT2D eigenvalue weighted by atomic mass is 10.0. The number of nitrogens with one attached hydrogen (secondary N) is 1. The van der Waals surface area contributed by atoms with Crippen LogP contribution in [-0.4, -0.2) is 45.1 Å². The summed E-state index contributed by atoms with van der Waals surface area (Å²) in [5.41, 5.74) is 0.993. The van der Waals surface area contributed by atoms with E-state index in [0.29, 0.717) is 6.54 Å². The van der Waals surface area contributed by atoms with Crippen molar-refractivity contribution >= 4 is 0 Å². The van der Waals surface area contributed by atoms with Crippen LogP contribution in [-0.2, 0) is 0 Å². The van der Waals surface area contributed by atoms with Gasteiger partial charge in [0.05, 0.1) is 13.7 Å². The quantitative estimate of drug-likeness (QED) is 0.787. The highest BCUT2D eigenvalue weighted by molar-refractivity contribution is 5.36. The standard InChI is InChI=1S/C14H22F2N2O/c1-4-17-12(9-18(2)10-14(15)16)11-7-5-6-8-13(11)19-3/h5-8,12,14,17H,4,9-10H2,1-3H3. The third kappa shape index (κ3) is 5.12. The molecule has 0 amide bonds. The topological polar surface area (TPSA) is 24.5 Å². The van der Waals surface area contributed by atoms with Gasteiger partial charge in [0.2, 0.25) is 0 Å². The predicted molar refractivity (Wildman–Crippen MR) is 72.9 cm³/mol. The minimum atomic E-state index is -2.31. The van der Waals surface area contributed by atoms with Crippen molar-refractivity contribution in [3.05, 3.63) is 29.8 Å². The molecule has 0 bridgehead atoms. The fourth-order valence-electron chi connectivity index (χ4n) is 2.10. The highest BCUT2D eigenvalue weighted by Crippen LogP contribution is 2.25. The Morgan fingerprint density at radius 2 is 1.95 bits per heavy atom. The molecule has 0 spiro atoms. The molecule has 0 heterocycles. The second-order valence-electron chi connectivity index (χ2n) is 4.46. The second kappa shape index (κ2) is 8.07. The molecule has 108 valence electrons. The van der Waals surface area contributed by atoms with Gasteiger partial charge >= 0.3 is 0 Å². The van der Waals surface area contributed by atoms with E-state index in [4.69, 9.17) is 4.74 Å². The van der Waals surface area contributed by atoms with Gasteiger partial charge < -0.3 is 10.1 Å². The van der Waals surface area contributed by atoms with Gasteiger partial charge in [-0.05, 0) is 19.7 Å². The highest BCUT2D eigenvalue weighted by atomic mass is 19.3. The lowest BCUT2D eigenvalue weighted by Gasteiger charge is -2.26. The maximum Gasteiger partial charge on any atom is 0.251 e. The minimum Gasteiger partial charge on any atom is -0.496 e. The lowest BCUT2D eigenvalue weighted by Crippen LogP contribution is -2.35.